The third kappa shape index (κ3) is 4.14. The van der Waals surface area contributed by atoms with Crippen LogP contribution in [0.3, 0.4) is 0 Å². The molecule has 1 aromatic rings. The second kappa shape index (κ2) is 6.39. The van der Waals surface area contributed by atoms with E-state index >= 15 is 0 Å². The lowest BCUT2D eigenvalue weighted by Gasteiger charge is -2.31. The van der Waals surface area contributed by atoms with E-state index in [4.69, 9.17) is 9.47 Å². The molecule has 0 saturated carbocycles. The Labute approximate surface area is 125 Å². The van der Waals surface area contributed by atoms with E-state index in [0.29, 0.717) is 23.8 Å². The van der Waals surface area contributed by atoms with Gasteiger partial charge in [0.2, 0.25) is 5.95 Å². The van der Waals surface area contributed by atoms with E-state index < -0.39 is 5.97 Å². The van der Waals surface area contributed by atoms with E-state index in [-0.39, 0.29) is 12.2 Å². The lowest BCUT2D eigenvalue weighted by atomic mass is 10.2. The van der Waals surface area contributed by atoms with Crippen molar-refractivity contribution in [2.75, 3.05) is 24.6 Å². The number of hydrogen-bond donors (Lipinski definition) is 0. The minimum atomic E-state index is -0.403. The van der Waals surface area contributed by atoms with Crippen molar-refractivity contribution in [1.82, 2.24) is 9.97 Å². The number of hydrogen-bond acceptors (Lipinski definition) is 6. The predicted molar refractivity (Wildman–Crippen MR) is 79.4 cm³/mol. The highest BCUT2D eigenvalue weighted by Gasteiger charge is 2.22. The zero-order valence-corrected chi connectivity index (χ0v) is 13.2. The van der Waals surface area contributed by atoms with Crippen molar-refractivity contribution < 1.29 is 14.3 Å². The standard InChI is InChI=1S/C15H23N3O3/c1-5-20-13(19)11-9-16-14(18-7-6-8-18)17-12(11)10-21-15(2,3)4/h9H,5-8,10H2,1-4H3. The van der Waals surface area contributed by atoms with Crippen LogP contribution in [0.15, 0.2) is 6.20 Å². The molecule has 0 spiro atoms. The molecule has 2 heterocycles. The fourth-order valence-corrected chi connectivity index (χ4v) is 1.85. The highest BCUT2D eigenvalue weighted by atomic mass is 16.5. The summed E-state index contributed by atoms with van der Waals surface area (Å²) in [4.78, 5) is 22.8. The van der Waals surface area contributed by atoms with Gasteiger partial charge in [-0.15, -0.1) is 0 Å². The van der Waals surface area contributed by atoms with Gasteiger partial charge in [0.25, 0.3) is 0 Å². The number of nitrogens with zero attached hydrogens (tertiary/aromatic N) is 3. The van der Waals surface area contributed by atoms with Crippen LogP contribution in [-0.4, -0.2) is 41.2 Å². The highest BCUT2D eigenvalue weighted by Crippen LogP contribution is 2.20. The predicted octanol–water partition coefficient (Wildman–Crippen LogP) is 2.18. The van der Waals surface area contributed by atoms with Gasteiger partial charge in [-0.2, -0.15) is 0 Å². The van der Waals surface area contributed by atoms with Gasteiger partial charge >= 0.3 is 5.97 Å². The van der Waals surface area contributed by atoms with Crippen molar-refractivity contribution >= 4 is 11.9 Å². The van der Waals surface area contributed by atoms with E-state index in [9.17, 15) is 4.79 Å². The maximum absolute atomic E-state index is 12.0. The maximum Gasteiger partial charge on any atom is 0.341 e. The fraction of sp³-hybridized carbons (Fsp3) is 0.667. The van der Waals surface area contributed by atoms with Gasteiger partial charge in [-0.3, -0.25) is 0 Å². The average molecular weight is 293 g/mol. The molecule has 1 fully saturated rings. The average Bonchev–Trinajstić information content (AvgIpc) is 2.34. The van der Waals surface area contributed by atoms with E-state index in [0.717, 1.165) is 19.5 Å². The van der Waals surface area contributed by atoms with Crippen molar-refractivity contribution in [1.29, 1.82) is 0 Å². The molecule has 6 heteroatoms. The molecule has 1 aliphatic heterocycles. The molecular formula is C15H23N3O3. The van der Waals surface area contributed by atoms with Crippen LogP contribution in [0.5, 0.6) is 0 Å². The quantitative estimate of drug-likeness (QED) is 0.775. The maximum atomic E-state index is 12.0. The lowest BCUT2D eigenvalue weighted by Crippen LogP contribution is -2.38. The smallest absolute Gasteiger partial charge is 0.341 e. The topological polar surface area (TPSA) is 64.5 Å². The van der Waals surface area contributed by atoms with Gasteiger partial charge in [0, 0.05) is 19.3 Å². The molecule has 0 aromatic carbocycles. The molecule has 0 radical (unpaired) electrons. The molecule has 1 aromatic heterocycles. The molecule has 21 heavy (non-hydrogen) atoms. The van der Waals surface area contributed by atoms with Crippen LogP contribution < -0.4 is 4.90 Å². The van der Waals surface area contributed by atoms with Crippen LogP contribution >= 0.6 is 0 Å². The van der Waals surface area contributed by atoms with Crippen molar-refractivity contribution in [2.24, 2.45) is 0 Å². The van der Waals surface area contributed by atoms with Gasteiger partial charge in [-0.25, -0.2) is 14.8 Å². The first kappa shape index (κ1) is 15.7. The van der Waals surface area contributed by atoms with Crippen LogP contribution in [0.4, 0.5) is 5.95 Å². The Balaban J connectivity index is 2.23. The van der Waals surface area contributed by atoms with Gasteiger partial charge in [0.1, 0.15) is 5.56 Å². The zero-order valence-electron chi connectivity index (χ0n) is 13.2. The third-order valence-corrected chi connectivity index (χ3v) is 3.13. The summed E-state index contributed by atoms with van der Waals surface area (Å²) in [5.74, 6) is 0.252. The first-order valence-corrected chi connectivity index (χ1v) is 7.32. The molecule has 2 rings (SSSR count). The highest BCUT2D eigenvalue weighted by molar-refractivity contribution is 5.90. The summed E-state index contributed by atoms with van der Waals surface area (Å²) in [6.07, 6.45) is 2.69. The van der Waals surface area contributed by atoms with Gasteiger partial charge in [-0.05, 0) is 34.1 Å². The number of ether oxygens (including phenoxy) is 2. The second-order valence-corrected chi connectivity index (χ2v) is 5.99. The Kier molecular flexibility index (Phi) is 4.77. The molecule has 0 unspecified atom stereocenters. The molecule has 0 N–H and O–H groups in total. The Morgan fingerprint density at radius 3 is 2.62 bits per heavy atom. The molecule has 6 nitrogen and oxygen atoms in total. The SMILES string of the molecule is CCOC(=O)c1cnc(N2CCC2)nc1COC(C)(C)C. The molecule has 0 amide bonds. The van der Waals surface area contributed by atoms with Crippen LogP contribution in [0.25, 0.3) is 0 Å². The van der Waals surface area contributed by atoms with E-state index in [1.807, 2.05) is 20.8 Å². The molecule has 116 valence electrons. The molecule has 1 aliphatic rings. The van der Waals surface area contributed by atoms with Crippen LogP contribution in [-0.2, 0) is 16.1 Å². The van der Waals surface area contributed by atoms with Gasteiger partial charge in [0.05, 0.1) is 24.5 Å². The summed E-state index contributed by atoms with van der Waals surface area (Å²) < 4.78 is 10.8. The summed E-state index contributed by atoms with van der Waals surface area (Å²) >= 11 is 0. The van der Waals surface area contributed by atoms with Gasteiger partial charge in [0.15, 0.2) is 0 Å². The first-order valence-electron chi connectivity index (χ1n) is 7.32. The molecule has 0 atom stereocenters. The normalized spacial score (nSPS) is 14.8. The van der Waals surface area contributed by atoms with E-state index in [2.05, 4.69) is 14.9 Å². The Hall–Kier alpha value is -1.69. The minimum absolute atomic E-state index is 0.265. The van der Waals surface area contributed by atoms with Crippen LogP contribution in [0, 0.1) is 0 Å². The molecular weight excluding hydrogens is 270 g/mol. The monoisotopic (exact) mass is 293 g/mol. The molecule has 0 aliphatic carbocycles. The van der Waals surface area contributed by atoms with E-state index in [1.54, 1.807) is 13.1 Å². The Morgan fingerprint density at radius 1 is 1.38 bits per heavy atom. The van der Waals surface area contributed by atoms with Gasteiger partial charge < -0.3 is 14.4 Å². The number of rotatable bonds is 5. The second-order valence-electron chi connectivity index (χ2n) is 5.99. The van der Waals surface area contributed by atoms with Crippen molar-refractivity contribution in [3.05, 3.63) is 17.5 Å². The summed E-state index contributed by atoms with van der Waals surface area (Å²) in [5, 5.41) is 0. The first-order chi connectivity index (χ1) is 9.90. The summed E-state index contributed by atoms with van der Waals surface area (Å²) in [6, 6.07) is 0. The van der Waals surface area contributed by atoms with Crippen molar-refractivity contribution in [2.45, 2.75) is 46.3 Å². The minimum Gasteiger partial charge on any atom is -0.462 e. The number of carbonyl (C=O) groups is 1. The Bertz CT molecular complexity index is 507. The zero-order chi connectivity index (χ0) is 15.5. The number of aromatic nitrogens is 2. The fourth-order valence-electron chi connectivity index (χ4n) is 1.85. The molecule has 0 bridgehead atoms. The summed E-state index contributed by atoms with van der Waals surface area (Å²) in [7, 11) is 0. The summed E-state index contributed by atoms with van der Waals surface area (Å²) in [6.45, 7) is 10.2. The third-order valence-electron chi connectivity index (χ3n) is 3.13. The van der Waals surface area contributed by atoms with Crippen LogP contribution in [0.1, 0.15) is 50.2 Å². The molecule has 1 saturated heterocycles. The van der Waals surface area contributed by atoms with E-state index in [1.165, 1.54) is 0 Å². The number of anilines is 1. The van der Waals surface area contributed by atoms with Crippen molar-refractivity contribution in [3.8, 4) is 0 Å². The van der Waals surface area contributed by atoms with Crippen molar-refractivity contribution in [3.63, 3.8) is 0 Å². The number of esters is 1. The number of carbonyl (C=O) groups excluding carboxylic acids is 1. The largest absolute Gasteiger partial charge is 0.462 e. The van der Waals surface area contributed by atoms with Gasteiger partial charge in [-0.1, -0.05) is 0 Å². The summed E-state index contributed by atoms with van der Waals surface area (Å²) in [5.41, 5.74) is 0.666. The Morgan fingerprint density at radius 2 is 2.10 bits per heavy atom. The lowest BCUT2D eigenvalue weighted by molar-refractivity contribution is -0.0171. The van der Waals surface area contributed by atoms with Crippen LogP contribution in [0.2, 0.25) is 0 Å².